The predicted octanol–water partition coefficient (Wildman–Crippen LogP) is 2.15. The van der Waals surface area contributed by atoms with Gasteiger partial charge in [-0.3, -0.25) is 4.79 Å². The van der Waals surface area contributed by atoms with Gasteiger partial charge in [0.1, 0.15) is 0 Å². The van der Waals surface area contributed by atoms with Crippen molar-refractivity contribution in [3.05, 3.63) is 17.0 Å². The Morgan fingerprint density at radius 2 is 2.20 bits per heavy atom. The molecule has 1 saturated carbocycles. The van der Waals surface area contributed by atoms with Gasteiger partial charge in [0, 0.05) is 12.5 Å². The Kier molecular flexibility index (Phi) is 1.42. The van der Waals surface area contributed by atoms with Crippen molar-refractivity contribution in [1.29, 1.82) is 0 Å². The lowest BCUT2D eigenvalue weighted by molar-refractivity contribution is 0.0917. The standard InChI is InChI=1S/C12H16N2O/c1-6-10-9(14(13-6)7(2)15)5-8-11(10)12(8,3)4/h8,11H,5H2,1-4H3/t8-,11-/m0/s1. The molecule has 0 aliphatic heterocycles. The second kappa shape index (κ2) is 2.34. The van der Waals surface area contributed by atoms with Crippen LogP contribution in [0.15, 0.2) is 0 Å². The Hall–Kier alpha value is -1.12. The molecule has 1 aromatic heterocycles. The Bertz CT molecular complexity index is 470. The van der Waals surface area contributed by atoms with Gasteiger partial charge in [0.15, 0.2) is 0 Å². The zero-order valence-electron chi connectivity index (χ0n) is 9.66. The molecule has 0 aromatic carbocycles. The molecule has 2 aliphatic carbocycles. The molecule has 2 aliphatic rings. The molecule has 3 heteroatoms. The number of carbonyl (C=O) groups excluding carboxylic acids is 1. The average molecular weight is 204 g/mol. The number of rotatable bonds is 0. The maximum atomic E-state index is 11.4. The van der Waals surface area contributed by atoms with Crippen molar-refractivity contribution in [1.82, 2.24) is 9.78 Å². The Morgan fingerprint density at radius 1 is 1.53 bits per heavy atom. The van der Waals surface area contributed by atoms with Crippen LogP contribution in [0.4, 0.5) is 0 Å². The van der Waals surface area contributed by atoms with E-state index in [0.29, 0.717) is 11.3 Å². The van der Waals surface area contributed by atoms with Gasteiger partial charge >= 0.3 is 0 Å². The second-order valence-electron chi connectivity index (χ2n) is 5.49. The van der Waals surface area contributed by atoms with Crippen LogP contribution in [0.5, 0.6) is 0 Å². The number of nitrogens with zero attached hydrogens (tertiary/aromatic N) is 2. The zero-order chi connectivity index (χ0) is 11.0. The van der Waals surface area contributed by atoms with Crippen molar-refractivity contribution in [2.75, 3.05) is 0 Å². The highest BCUT2D eigenvalue weighted by molar-refractivity contribution is 5.77. The monoisotopic (exact) mass is 204 g/mol. The van der Waals surface area contributed by atoms with Crippen LogP contribution in [0.2, 0.25) is 0 Å². The molecule has 80 valence electrons. The van der Waals surface area contributed by atoms with E-state index in [-0.39, 0.29) is 5.91 Å². The fourth-order valence-corrected chi connectivity index (χ4v) is 3.36. The molecule has 0 N–H and O–H groups in total. The molecular weight excluding hydrogens is 188 g/mol. The molecule has 0 amide bonds. The molecule has 2 atom stereocenters. The zero-order valence-corrected chi connectivity index (χ0v) is 9.66. The van der Waals surface area contributed by atoms with Crippen LogP contribution in [-0.2, 0) is 6.42 Å². The molecular formula is C12H16N2O. The lowest BCUT2D eigenvalue weighted by Gasteiger charge is -2.08. The summed E-state index contributed by atoms with van der Waals surface area (Å²) >= 11 is 0. The van der Waals surface area contributed by atoms with E-state index in [1.165, 1.54) is 11.3 Å². The molecule has 0 radical (unpaired) electrons. The van der Waals surface area contributed by atoms with Crippen molar-refractivity contribution >= 4 is 5.91 Å². The summed E-state index contributed by atoms with van der Waals surface area (Å²) in [4.78, 5) is 11.4. The highest BCUT2D eigenvalue weighted by Gasteiger charge is 2.63. The van der Waals surface area contributed by atoms with Crippen LogP contribution in [0.1, 0.15) is 48.4 Å². The van der Waals surface area contributed by atoms with Gasteiger partial charge in [-0.25, -0.2) is 4.68 Å². The first-order valence-corrected chi connectivity index (χ1v) is 5.54. The van der Waals surface area contributed by atoms with Gasteiger partial charge in [-0.15, -0.1) is 0 Å². The van der Waals surface area contributed by atoms with Crippen molar-refractivity contribution in [2.45, 2.75) is 40.0 Å². The molecule has 0 bridgehead atoms. The number of aryl methyl sites for hydroxylation is 1. The van der Waals surface area contributed by atoms with E-state index in [2.05, 4.69) is 18.9 Å². The summed E-state index contributed by atoms with van der Waals surface area (Å²) in [7, 11) is 0. The topological polar surface area (TPSA) is 34.9 Å². The number of fused-ring (bicyclic) bond motifs is 3. The van der Waals surface area contributed by atoms with Gasteiger partial charge in [0.2, 0.25) is 5.91 Å². The summed E-state index contributed by atoms with van der Waals surface area (Å²) in [6.07, 6.45) is 1.04. The van der Waals surface area contributed by atoms with E-state index >= 15 is 0 Å². The van der Waals surface area contributed by atoms with Crippen molar-refractivity contribution in [3.8, 4) is 0 Å². The first-order valence-electron chi connectivity index (χ1n) is 5.54. The first-order chi connectivity index (χ1) is 6.94. The second-order valence-corrected chi connectivity index (χ2v) is 5.49. The normalized spacial score (nSPS) is 29.9. The smallest absolute Gasteiger partial charge is 0.243 e. The third kappa shape index (κ3) is 0.912. The number of hydrogen-bond donors (Lipinski definition) is 0. The molecule has 1 heterocycles. The number of hydrogen-bond acceptors (Lipinski definition) is 2. The third-order valence-corrected chi connectivity index (χ3v) is 4.28. The maximum Gasteiger partial charge on any atom is 0.243 e. The van der Waals surface area contributed by atoms with E-state index in [1.807, 2.05) is 6.92 Å². The van der Waals surface area contributed by atoms with E-state index < -0.39 is 0 Å². The molecule has 0 spiro atoms. The predicted molar refractivity (Wildman–Crippen MR) is 57.0 cm³/mol. The largest absolute Gasteiger partial charge is 0.273 e. The first kappa shape index (κ1) is 9.13. The van der Waals surface area contributed by atoms with Gasteiger partial charge in [-0.2, -0.15) is 5.10 Å². The molecule has 3 nitrogen and oxygen atoms in total. The van der Waals surface area contributed by atoms with Gasteiger partial charge in [-0.05, 0) is 30.6 Å². The van der Waals surface area contributed by atoms with Gasteiger partial charge in [0.25, 0.3) is 0 Å². The molecule has 0 saturated heterocycles. The fraction of sp³-hybridized carbons (Fsp3) is 0.667. The maximum absolute atomic E-state index is 11.4. The third-order valence-electron chi connectivity index (χ3n) is 4.28. The van der Waals surface area contributed by atoms with Crippen LogP contribution in [0, 0.1) is 18.3 Å². The molecule has 1 aromatic rings. The highest BCUT2D eigenvalue weighted by atomic mass is 16.2. The van der Waals surface area contributed by atoms with Crippen LogP contribution >= 0.6 is 0 Å². The summed E-state index contributed by atoms with van der Waals surface area (Å²) in [6.45, 7) is 8.24. The lowest BCUT2D eigenvalue weighted by Crippen LogP contribution is -2.13. The lowest BCUT2D eigenvalue weighted by atomic mass is 9.98. The minimum atomic E-state index is 0.0402. The van der Waals surface area contributed by atoms with E-state index in [1.54, 1.807) is 11.6 Å². The van der Waals surface area contributed by atoms with Crippen LogP contribution in [-0.4, -0.2) is 15.7 Å². The molecule has 0 unspecified atom stereocenters. The van der Waals surface area contributed by atoms with Crippen molar-refractivity contribution in [3.63, 3.8) is 0 Å². The van der Waals surface area contributed by atoms with E-state index in [0.717, 1.165) is 18.0 Å². The quantitative estimate of drug-likeness (QED) is 0.649. The molecule has 3 rings (SSSR count). The fourth-order valence-electron chi connectivity index (χ4n) is 3.36. The van der Waals surface area contributed by atoms with Crippen LogP contribution in [0.25, 0.3) is 0 Å². The Labute approximate surface area is 89.5 Å². The van der Waals surface area contributed by atoms with Crippen molar-refractivity contribution < 1.29 is 4.79 Å². The summed E-state index contributed by atoms with van der Waals surface area (Å²) in [6, 6.07) is 0. The van der Waals surface area contributed by atoms with Crippen LogP contribution < -0.4 is 0 Å². The Morgan fingerprint density at radius 3 is 2.80 bits per heavy atom. The summed E-state index contributed by atoms with van der Waals surface area (Å²) in [5.41, 5.74) is 4.02. The number of aromatic nitrogens is 2. The summed E-state index contributed by atoms with van der Waals surface area (Å²) in [5.74, 6) is 1.44. The van der Waals surface area contributed by atoms with E-state index in [9.17, 15) is 4.79 Å². The number of carbonyl (C=O) groups is 1. The minimum Gasteiger partial charge on any atom is -0.273 e. The minimum absolute atomic E-state index is 0.0402. The Balaban J connectivity index is 2.14. The van der Waals surface area contributed by atoms with Crippen molar-refractivity contribution in [2.24, 2.45) is 11.3 Å². The summed E-state index contributed by atoms with van der Waals surface area (Å²) < 4.78 is 1.60. The van der Waals surface area contributed by atoms with E-state index in [4.69, 9.17) is 0 Å². The summed E-state index contributed by atoms with van der Waals surface area (Å²) in [5, 5.41) is 4.34. The van der Waals surface area contributed by atoms with Gasteiger partial charge in [-0.1, -0.05) is 13.8 Å². The molecule has 15 heavy (non-hydrogen) atoms. The van der Waals surface area contributed by atoms with Gasteiger partial charge in [0.05, 0.1) is 11.4 Å². The highest BCUT2D eigenvalue weighted by Crippen LogP contribution is 2.70. The molecule has 1 fully saturated rings. The van der Waals surface area contributed by atoms with Gasteiger partial charge < -0.3 is 0 Å². The average Bonchev–Trinajstić information content (AvgIpc) is 2.54. The van der Waals surface area contributed by atoms with Crippen LogP contribution in [0.3, 0.4) is 0 Å². The SMILES string of the molecule is CC(=O)n1nc(C)c2c1C[C@H]1[C@@H]2C1(C)C.